The summed E-state index contributed by atoms with van der Waals surface area (Å²) in [5, 5.41) is 5.44. The van der Waals surface area contributed by atoms with E-state index in [2.05, 4.69) is 32.7 Å². The Morgan fingerprint density at radius 3 is 2.69 bits per heavy atom. The molecule has 1 atom stereocenters. The van der Waals surface area contributed by atoms with Gasteiger partial charge in [0.2, 0.25) is 0 Å². The van der Waals surface area contributed by atoms with Crippen LogP contribution in [0.3, 0.4) is 0 Å². The van der Waals surface area contributed by atoms with Gasteiger partial charge in [0.05, 0.1) is 18.3 Å². The number of hydrogen-bond donors (Lipinski definition) is 2. The molecule has 1 unspecified atom stereocenters. The summed E-state index contributed by atoms with van der Waals surface area (Å²) in [5.41, 5.74) is 3.86. The molecule has 2 heterocycles. The number of fused-ring (bicyclic) bond motifs is 1. The van der Waals surface area contributed by atoms with E-state index in [0.29, 0.717) is 18.0 Å². The van der Waals surface area contributed by atoms with E-state index in [0.717, 1.165) is 24.2 Å². The first-order chi connectivity index (χ1) is 15.7. The minimum atomic E-state index is -0.732. The van der Waals surface area contributed by atoms with Gasteiger partial charge in [0, 0.05) is 31.2 Å². The zero-order chi connectivity index (χ0) is 22.3. The molecule has 4 rings (SSSR count). The normalized spacial score (nSPS) is 13.2. The van der Waals surface area contributed by atoms with Crippen LogP contribution in [-0.4, -0.2) is 36.5 Å². The molecule has 0 saturated heterocycles. The van der Waals surface area contributed by atoms with Gasteiger partial charge in [-0.15, -0.1) is 0 Å². The van der Waals surface area contributed by atoms with Gasteiger partial charge in [-0.05, 0) is 48.7 Å². The molecule has 1 aliphatic heterocycles. The number of pyridine rings is 1. The highest BCUT2D eigenvalue weighted by molar-refractivity contribution is 6.39. The summed E-state index contributed by atoms with van der Waals surface area (Å²) in [4.78, 5) is 31.7. The number of para-hydroxylation sites is 3. The minimum Gasteiger partial charge on any atom is -0.492 e. The number of nitrogens with one attached hydrogen (secondary N) is 2. The Morgan fingerprint density at radius 2 is 1.88 bits per heavy atom. The standard InChI is InChI=1S/C25H26N4O3/c1-2-32-23-12-6-4-10-20(23)28-25(31)24(30)27-17-22(19-9-7-14-26-16-19)29-15-13-18-8-3-5-11-21(18)29/h3-12,14,16,22H,2,13,15,17H2,1H3,(H,27,30)(H,28,31). The first kappa shape index (κ1) is 21.4. The Bertz CT molecular complexity index is 1090. The number of nitrogens with zero attached hydrogens (tertiary/aromatic N) is 2. The molecular weight excluding hydrogens is 404 g/mol. The summed E-state index contributed by atoms with van der Waals surface area (Å²) in [6.07, 6.45) is 4.46. The van der Waals surface area contributed by atoms with Crippen molar-refractivity contribution in [2.75, 3.05) is 29.9 Å². The summed E-state index contributed by atoms with van der Waals surface area (Å²) >= 11 is 0. The van der Waals surface area contributed by atoms with Gasteiger partial charge in [-0.3, -0.25) is 14.6 Å². The maximum atomic E-state index is 12.6. The molecule has 7 nitrogen and oxygen atoms in total. The number of aromatic nitrogens is 1. The monoisotopic (exact) mass is 430 g/mol. The molecule has 32 heavy (non-hydrogen) atoms. The maximum Gasteiger partial charge on any atom is 0.313 e. The van der Waals surface area contributed by atoms with Gasteiger partial charge in [0.1, 0.15) is 5.75 Å². The first-order valence-corrected chi connectivity index (χ1v) is 10.7. The third-order valence-electron chi connectivity index (χ3n) is 5.47. The third-order valence-corrected chi connectivity index (χ3v) is 5.47. The van der Waals surface area contributed by atoms with Crippen LogP contribution in [0.15, 0.2) is 73.1 Å². The van der Waals surface area contributed by atoms with E-state index in [1.54, 1.807) is 30.6 Å². The first-order valence-electron chi connectivity index (χ1n) is 10.7. The number of rotatable bonds is 7. The molecule has 1 aliphatic rings. The fourth-order valence-electron chi connectivity index (χ4n) is 3.97. The van der Waals surface area contributed by atoms with Gasteiger partial charge in [0.25, 0.3) is 0 Å². The van der Waals surface area contributed by atoms with Gasteiger partial charge in [-0.1, -0.05) is 36.4 Å². The van der Waals surface area contributed by atoms with Crippen LogP contribution >= 0.6 is 0 Å². The Labute approximate surface area is 187 Å². The quantitative estimate of drug-likeness (QED) is 0.562. The van der Waals surface area contributed by atoms with Crippen LogP contribution in [0, 0.1) is 0 Å². The molecule has 0 aliphatic carbocycles. The minimum absolute atomic E-state index is 0.139. The average Bonchev–Trinajstić information content (AvgIpc) is 3.25. The predicted octanol–water partition coefficient (Wildman–Crippen LogP) is 3.34. The van der Waals surface area contributed by atoms with Crippen molar-refractivity contribution in [3.63, 3.8) is 0 Å². The number of hydrogen-bond acceptors (Lipinski definition) is 5. The second-order valence-electron chi connectivity index (χ2n) is 7.47. The van der Waals surface area contributed by atoms with Crippen molar-refractivity contribution in [1.29, 1.82) is 0 Å². The van der Waals surface area contributed by atoms with E-state index in [-0.39, 0.29) is 12.6 Å². The van der Waals surface area contributed by atoms with E-state index in [4.69, 9.17) is 4.74 Å². The van der Waals surface area contributed by atoms with Crippen molar-refractivity contribution in [2.45, 2.75) is 19.4 Å². The highest BCUT2D eigenvalue weighted by Gasteiger charge is 2.28. The highest BCUT2D eigenvalue weighted by Crippen LogP contribution is 2.34. The summed E-state index contributed by atoms with van der Waals surface area (Å²) < 4.78 is 5.51. The Hall–Kier alpha value is -3.87. The zero-order valence-corrected chi connectivity index (χ0v) is 18.0. The van der Waals surface area contributed by atoms with Crippen LogP contribution < -0.4 is 20.3 Å². The number of benzene rings is 2. The molecular formula is C25H26N4O3. The lowest BCUT2D eigenvalue weighted by molar-refractivity contribution is -0.136. The van der Waals surface area contributed by atoms with E-state index >= 15 is 0 Å². The second-order valence-corrected chi connectivity index (χ2v) is 7.47. The predicted molar refractivity (Wildman–Crippen MR) is 124 cm³/mol. The Kier molecular flexibility index (Phi) is 6.65. The molecule has 0 spiro atoms. The Balaban J connectivity index is 1.47. The number of anilines is 2. The summed E-state index contributed by atoms with van der Waals surface area (Å²) in [6.45, 7) is 3.44. The van der Waals surface area contributed by atoms with Gasteiger partial charge >= 0.3 is 11.8 Å². The number of carbonyl (C=O) groups is 2. The van der Waals surface area contributed by atoms with Crippen molar-refractivity contribution in [3.05, 3.63) is 84.2 Å². The number of ether oxygens (including phenoxy) is 1. The third kappa shape index (κ3) is 4.72. The van der Waals surface area contributed by atoms with Crippen LogP contribution in [0.1, 0.15) is 24.1 Å². The summed E-state index contributed by atoms with van der Waals surface area (Å²) in [5.74, 6) is -0.903. The maximum absolute atomic E-state index is 12.6. The molecule has 1 aromatic heterocycles. The van der Waals surface area contributed by atoms with Crippen LogP contribution in [0.2, 0.25) is 0 Å². The van der Waals surface area contributed by atoms with Gasteiger partial charge in [-0.2, -0.15) is 0 Å². The van der Waals surface area contributed by atoms with Crippen molar-refractivity contribution < 1.29 is 14.3 Å². The fraction of sp³-hybridized carbons (Fsp3) is 0.240. The molecule has 0 fully saturated rings. The topological polar surface area (TPSA) is 83.6 Å². The molecule has 2 amide bonds. The molecule has 3 aromatic rings. The summed E-state index contributed by atoms with van der Waals surface area (Å²) in [6, 6.07) is 19.0. The van der Waals surface area contributed by atoms with Crippen molar-refractivity contribution in [3.8, 4) is 5.75 Å². The van der Waals surface area contributed by atoms with Crippen molar-refractivity contribution >= 4 is 23.2 Å². The molecule has 7 heteroatoms. The van der Waals surface area contributed by atoms with E-state index in [1.807, 2.05) is 37.3 Å². The van der Waals surface area contributed by atoms with Crippen molar-refractivity contribution in [1.82, 2.24) is 10.3 Å². The molecule has 0 bridgehead atoms. The van der Waals surface area contributed by atoms with Gasteiger partial charge in [-0.25, -0.2) is 0 Å². The largest absolute Gasteiger partial charge is 0.492 e. The summed E-state index contributed by atoms with van der Waals surface area (Å²) in [7, 11) is 0. The second kappa shape index (κ2) is 9.96. The molecule has 0 saturated carbocycles. The van der Waals surface area contributed by atoms with E-state index in [9.17, 15) is 9.59 Å². The molecule has 2 N–H and O–H groups in total. The SMILES string of the molecule is CCOc1ccccc1NC(=O)C(=O)NCC(c1cccnc1)N1CCc2ccccc21. The van der Waals surface area contributed by atoms with Crippen LogP contribution in [-0.2, 0) is 16.0 Å². The zero-order valence-electron chi connectivity index (χ0n) is 18.0. The van der Waals surface area contributed by atoms with Crippen molar-refractivity contribution in [2.24, 2.45) is 0 Å². The lowest BCUT2D eigenvalue weighted by Gasteiger charge is -2.30. The molecule has 164 valence electrons. The van der Waals surface area contributed by atoms with Crippen LogP contribution in [0.4, 0.5) is 11.4 Å². The lowest BCUT2D eigenvalue weighted by atomic mass is 10.1. The smallest absolute Gasteiger partial charge is 0.313 e. The lowest BCUT2D eigenvalue weighted by Crippen LogP contribution is -2.41. The van der Waals surface area contributed by atoms with E-state index in [1.165, 1.54) is 5.56 Å². The highest BCUT2D eigenvalue weighted by atomic mass is 16.5. The average molecular weight is 431 g/mol. The van der Waals surface area contributed by atoms with Crippen LogP contribution in [0.5, 0.6) is 5.75 Å². The fourth-order valence-corrected chi connectivity index (χ4v) is 3.97. The van der Waals surface area contributed by atoms with Gasteiger partial charge < -0.3 is 20.3 Å². The number of carbonyl (C=O) groups excluding carboxylic acids is 2. The molecule has 2 aromatic carbocycles. The van der Waals surface area contributed by atoms with E-state index < -0.39 is 11.8 Å². The Morgan fingerprint density at radius 1 is 1.06 bits per heavy atom. The molecule has 0 radical (unpaired) electrons. The van der Waals surface area contributed by atoms with Crippen LogP contribution in [0.25, 0.3) is 0 Å². The van der Waals surface area contributed by atoms with Gasteiger partial charge in [0.15, 0.2) is 0 Å². The number of amides is 2.